The van der Waals surface area contributed by atoms with Crippen LogP contribution in [0.4, 0.5) is 0 Å². The fraction of sp³-hybridized carbons (Fsp3) is 0.333. The van der Waals surface area contributed by atoms with Crippen LogP contribution in [0.25, 0.3) is 10.6 Å². The molecule has 2 N–H and O–H groups in total. The van der Waals surface area contributed by atoms with Crippen LogP contribution in [0.3, 0.4) is 0 Å². The second-order valence-corrected chi connectivity index (χ2v) is 7.85. The highest BCUT2D eigenvalue weighted by Gasteiger charge is 2.14. The Morgan fingerprint density at radius 1 is 1.18 bits per heavy atom. The number of nitrogens with zero attached hydrogens (tertiary/aromatic N) is 3. The molecule has 0 spiro atoms. The first-order valence-electron chi connectivity index (χ1n) is 9.55. The number of aromatic nitrogens is 1. The lowest BCUT2D eigenvalue weighted by atomic mass is 10.0. The summed E-state index contributed by atoms with van der Waals surface area (Å²) in [4.78, 5) is 8.95. The van der Waals surface area contributed by atoms with Crippen LogP contribution in [0.1, 0.15) is 36.1 Å². The molecule has 3 aromatic rings. The lowest BCUT2D eigenvalue weighted by molar-refractivity contribution is 0.125. The molecule has 2 aromatic heterocycles. The Kier molecular flexibility index (Phi) is 6.04. The fourth-order valence-corrected chi connectivity index (χ4v) is 4.07. The SMILES string of the molecule is N/C(=N/OCc1cc(-c2cccs2)on1)c1ccccc1CN1CCCCC1. The summed E-state index contributed by atoms with van der Waals surface area (Å²) in [5.74, 6) is 1.12. The third-order valence-corrected chi connectivity index (χ3v) is 5.72. The summed E-state index contributed by atoms with van der Waals surface area (Å²) in [6, 6.07) is 13.9. The van der Waals surface area contributed by atoms with Crippen molar-refractivity contribution in [1.82, 2.24) is 10.1 Å². The van der Waals surface area contributed by atoms with E-state index in [4.69, 9.17) is 15.1 Å². The van der Waals surface area contributed by atoms with Crippen molar-refractivity contribution in [3.05, 3.63) is 64.7 Å². The number of piperidine rings is 1. The zero-order chi connectivity index (χ0) is 19.2. The van der Waals surface area contributed by atoms with Gasteiger partial charge >= 0.3 is 0 Å². The van der Waals surface area contributed by atoms with Gasteiger partial charge in [0.2, 0.25) is 0 Å². The van der Waals surface area contributed by atoms with Crippen LogP contribution in [-0.4, -0.2) is 29.0 Å². The third-order valence-electron chi connectivity index (χ3n) is 4.83. The maximum absolute atomic E-state index is 6.21. The zero-order valence-corrected chi connectivity index (χ0v) is 16.5. The number of hydrogen-bond donors (Lipinski definition) is 1. The van der Waals surface area contributed by atoms with Crippen molar-refractivity contribution in [2.24, 2.45) is 10.9 Å². The number of nitrogens with two attached hydrogens (primary N) is 1. The average molecular weight is 397 g/mol. The molecular weight excluding hydrogens is 372 g/mol. The van der Waals surface area contributed by atoms with Gasteiger partial charge in [0.05, 0.1) is 4.88 Å². The number of benzene rings is 1. The third kappa shape index (κ3) is 4.61. The van der Waals surface area contributed by atoms with Crippen LogP contribution in [0.5, 0.6) is 0 Å². The van der Waals surface area contributed by atoms with Crippen LogP contribution in [0, 0.1) is 0 Å². The Labute approximate surface area is 168 Å². The minimum absolute atomic E-state index is 0.212. The minimum atomic E-state index is 0.212. The molecule has 6 nitrogen and oxygen atoms in total. The van der Waals surface area contributed by atoms with Crippen molar-refractivity contribution in [1.29, 1.82) is 0 Å². The van der Waals surface area contributed by atoms with Crippen molar-refractivity contribution in [3.8, 4) is 10.6 Å². The average Bonchev–Trinajstić information content (AvgIpc) is 3.41. The summed E-state index contributed by atoms with van der Waals surface area (Å²) in [6.07, 6.45) is 3.85. The molecule has 0 saturated carbocycles. The van der Waals surface area contributed by atoms with Gasteiger partial charge in [0.1, 0.15) is 5.69 Å². The largest absolute Gasteiger partial charge is 0.387 e. The molecule has 1 aromatic carbocycles. The summed E-state index contributed by atoms with van der Waals surface area (Å²) in [6.45, 7) is 3.38. The molecule has 0 amide bonds. The number of rotatable bonds is 7. The van der Waals surface area contributed by atoms with Crippen molar-refractivity contribution in [3.63, 3.8) is 0 Å². The van der Waals surface area contributed by atoms with E-state index in [9.17, 15) is 0 Å². The summed E-state index contributed by atoms with van der Waals surface area (Å²) in [7, 11) is 0. The van der Waals surface area contributed by atoms with Crippen LogP contribution < -0.4 is 5.73 Å². The minimum Gasteiger partial charge on any atom is -0.387 e. The second-order valence-electron chi connectivity index (χ2n) is 6.90. The van der Waals surface area contributed by atoms with Gasteiger partial charge in [-0.05, 0) is 42.9 Å². The van der Waals surface area contributed by atoms with Crippen molar-refractivity contribution >= 4 is 17.2 Å². The molecular formula is C21H24N4O2S. The highest BCUT2D eigenvalue weighted by Crippen LogP contribution is 2.25. The monoisotopic (exact) mass is 396 g/mol. The smallest absolute Gasteiger partial charge is 0.177 e. The molecule has 146 valence electrons. The fourth-order valence-electron chi connectivity index (χ4n) is 3.40. The Morgan fingerprint density at radius 2 is 2.04 bits per heavy atom. The molecule has 0 bridgehead atoms. The topological polar surface area (TPSA) is 76.9 Å². The Balaban J connectivity index is 1.39. The zero-order valence-electron chi connectivity index (χ0n) is 15.7. The van der Waals surface area contributed by atoms with E-state index < -0.39 is 0 Å². The molecule has 1 fully saturated rings. The molecule has 7 heteroatoms. The first-order valence-corrected chi connectivity index (χ1v) is 10.4. The van der Waals surface area contributed by atoms with E-state index in [2.05, 4.69) is 21.3 Å². The van der Waals surface area contributed by atoms with E-state index in [0.29, 0.717) is 11.5 Å². The molecule has 28 heavy (non-hydrogen) atoms. The van der Waals surface area contributed by atoms with E-state index in [1.807, 2.05) is 41.8 Å². The van der Waals surface area contributed by atoms with Crippen LogP contribution in [0.15, 0.2) is 57.5 Å². The number of oxime groups is 1. The predicted molar refractivity (Wildman–Crippen MR) is 111 cm³/mol. The number of thiophene rings is 1. The van der Waals surface area contributed by atoms with Crippen LogP contribution >= 0.6 is 11.3 Å². The lowest BCUT2D eigenvalue weighted by Gasteiger charge is -2.27. The Hall–Kier alpha value is -2.64. The molecule has 0 aliphatic carbocycles. The number of amidine groups is 1. The van der Waals surface area contributed by atoms with Gasteiger partial charge in [-0.15, -0.1) is 11.3 Å². The van der Waals surface area contributed by atoms with Crippen LogP contribution in [-0.2, 0) is 18.0 Å². The van der Waals surface area contributed by atoms with Gasteiger partial charge in [0.25, 0.3) is 0 Å². The van der Waals surface area contributed by atoms with Gasteiger partial charge in [-0.3, -0.25) is 4.90 Å². The summed E-state index contributed by atoms with van der Waals surface area (Å²) >= 11 is 1.60. The Morgan fingerprint density at radius 3 is 2.86 bits per heavy atom. The molecule has 4 rings (SSSR count). The number of likely N-dealkylation sites (tertiary alicyclic amines) is 1. The molecule has 1 aliphatic heterocycles. The molecule has 1 saturated heterocycles. The van der Waals surface area contributed by atoms with Gasteiger partial charge in [0.15, 0.2) is 18.2 Å². The molecule has 0 unspecified atom stereocenters. The molecule has 0 radical (unpaired) electrons. The maximum atomic E-state index is 6.21. The highest BCUT2D eigenvalue weighted by molar-refractivity contribution is 7.13. The van der Waals surface area contributed by atoms with Gasteiger partial charge < -0.3 is 15.1 Å². The van der Waals surface area contributed by atoms with E-state index >= 15 is 0 Å². The van der Waals surface area contributed by atoms with E-state index in [1.165, 1.54) is 24.8 Å². The summed E-state index contributed by atoms with van der Waals surface area (Å²) < 4.78 is 5.35. The van der Waals surface area contributed by atoms with E-state index in [0.717, 1.165) is 35.8 Å². The summed E-state index contributed by atoms with van der Waals surface area (Å²) in [5.41, 5.74) is 8.99. The molecule has 0 atom stereocenters. The van der Waals surface area contributed by atoms with Crippen molar-refractivity contribution < 1.29 is 9.36 Å². The first kappa shape index (κ1) is 18.7. The van der Waals surface area contributed by atoms with E-state index in [-0.39, 0.29) is 6.61 Å². The predicted octanol–water partition coefficient (Wildman–Crippen LogP) is 4.23. The Bertz CT molecular complexity index is 914. The number of hydrogen-bond acceptors (Lipinski definition) is 6. The molecule has 1 aliphatic rings. The van der Waals surface area contributed by atoms with Crippen LogP contribution in [0.2, 0.25) is 0 Å². The highest BCUT2D eigenvalue weighted by atomic mass is 32.1. The second kappa shape index (κ2) is 9.03. The van der Waals surface area contributed by atoms with Gasteiger partial charge in [-0.2, -0.15) is 0 Å². The normalized spacial score (nSPS) is 15.6. The molecule has 3 heterocycles. The van der Waals surface area contributed by atoms with E-state index in [1.54, 1.807) is 11.3 Å². The maximum Gasteiger partial charge on any atom is 0.177 e. The van der Waals surface area contributed by atoms with Crippen molar-refractivity contribution in [2.75, 3.05) is 13.1 Å². The quantitative estimate of drug-likeness (QED) is 0.367. The summed E-state index contributed by atoms with van der Waals surface area (Å²) in [5, 5.41) is 10.1. The lowest BCUT2D eigenvalue weighted by Crippen LogP contribution is -2.30. The first-order chi connectivity index (χ1) is 13.8. The van der Waals surface area contributed by atoms with Gasteiger partial charge in [-0.25, -0.2) is 0 Å². The van der Waals surface area contributed by atoms with Gasteiger partial charge in [0, 0.05) is 18.2 Å². The standard InChI is InChI=1S/C21H24N4O2S/c22-21(18-8-3-2-7-16(18)14-25-10-4-1-5-11-25)24-26-15-17-13-19(27-23-17)20-9-6-12-28-20/h2-3,6-9,12-13H,1,4-5,10-11,14-15H2,(H2,22,24). The van der Waals surface area contributed by atoms with Crippen molar-refractivity contribution in [2.45, 2.75) is 32.4 Å². The van der Waals surface area contributed by atoms with Gasteiger partial charge in [-0.1, -0.05) is 47.1 Å².